The van der Waals surface area contributed by atoms with Gasteiger partial charge in [-0.1, -0.05) is 42.6 Å². The van der Waals surface area contributed by atoms with Gasteiger partial charge in [0.1, 0.15) is 40.8 Å². The normalized spacial score (nSPS) is 15.7. The van der Waals surface area contributed by atoms with Gasteiger partial charge in [0.05, 0.1) is 55.7 Å². The number of carboxylic acid groups (broad SMARTS) is 1. The van der Waals surface area contributed by atoms with E-state index in [-0.39, 0.29) is 36.5 Å². The number of halogens is 3. The van der Waals surface area contributed by atoms with Crippen molar-refractivity contribution in [2.75, 3.05) is 41.9 Å². The van der Waals surface area contributed by atoms with E-state index in [9.17, 15) is 42.7 Å². The van der Waals surface area contributed by atoms with E-state index in [2.05, 4.69) is 15.6 Å². The Bertz CT molecular complexity index is 2650. The van der Waals surface area contributed by atoms with Crippen LogP contribution in [0.4, 0.5) is 13.6 Å². The summed E-state index contributed by atoms with van der Waals surface area (Å²) in [5, 5.41) is 15.9. The maximum Gasteiger partial charge on any atom is 0.407 e. The van der Waals surface area contributed by atoms with E-state index in [0.717, 1.165) is 34.8 Å². The highest BCUT2D eigenvalue weighted by molar-refractivity contribution is 6.30. The third-order valence-electron chi connectivity index (χ3n) is 13.2. The molecule has 1 heterocycles. The van der Waals surface area contributed by atoms with E-state index < -0.39 is 97.5 Å². The van der Waals surface area contributed by atoms with Gasteiger partial charge in [-0.2, -0.15) is 8.78 Å². The lowest BCUT2D eigenvalue weighted by Crippen LogP contribution is -2.57. The van der Waals surface area contributed by atoms with Crippen molar-refractivity contribution in [2.45, 2.75) is 135 Å². The second-order valence-corrected chi connectivity index (χ2v) is 20.9. The van der Waals surface area contributed by atoms with Gasteiger partial charge in [-0.05, 0) is 115 Å². The lowest BCUT2D eigenvalue weighted by molar-refractivity contribution is -0.145. The Morgan fingerprint density at radius 3 is 2.17 bits per heavy atom. The molecule has 0 saturated heterocycles. The molecule has 420 valence electrons. The zero-order valence-electron chi connectivity index (χ0n) is 45.5. The number of benzene rings is 3. The molecule has 19 nitrogen and oxygen atoms in total. The molecule has 1 aliphatic rings. The Labute approximate surface area is 454 Å². The van der Waals surface area contributed by atoms with E-state index in [1.54, 1.807) is 82.5 Å². The summed E-state index contributed by atoms with van der Waals surface area (Å²) in [5.74, 6) is -3.14. The predicted octanol–water partition coefficient (Wildman–Crippen LogP) is 7.66. The summed E-state index contributed by atoms with van der Waals surface area (Å²) in [6.07, 6.45) is 2.78. The summed E-state index contributed by atoms with van der Waals surface area (Å²) in [6.45, 7) is 2.99. The van der Waals surface area contributed by atoms with Gasteiger partial charge in [0.15, 0.2) is 0 Å². The van der Waals surface area contributed by atoms with E-state index in [1.807, 2.05) is 30.6 Å². The molecule has 1 saturated carbocycles. The van der Waals surface area contributed by atoms with Crippen LogP contribution in [0.3, 0.4) is 0 Å². The minimum absolute atomic E-state index is 0.00553. The number of imidazole rings is 1. The highest BCUT2D eigenvalue weighted by atomic mass is 35.5. The molecule has 5 atom stereocenters. The first-order chi connectivity index (χ1) is 36.3. The molecule has 5 rings (SSSR count). The molecule has 0 bridgehead atoms. The van der Waals surface area contributed by atoms with Gasteiger partial charge in [-0.3, -0.25) is 24.0 Å². The molecular formula is C55H73ClF2N8O11. The van der Waals surface area contributed by atoms with E-state index >= 15 is 0 Å². The minimum Gasteiger partial charge on any atom is -0.481 e. The van der Waals surface area contributed by atoms with Crippen molar-refractivity contribution in [3.8, 4) is 28.5 Å². The van der Waals surface area contributed by atoms with Gasteiger partial charge in [-0.25, -0.2) is 9.78 Å². The van der Waals surface area contributed by atoms with Crippen LogP contribution in [0, 0.1) is 0 Å². The standard InChI is InChI=1S/C55H73ClF2N8O11/c1-34(51(71)60-42(33-74-10)52(72)63(7)38(29-50(69)70)28-35-18-22-37(56)23-19-35)66(49(68)27-26-48(67)65(9)43-15-12-11-14-41(43)61-54(73)77-55(2,3)4)31-40-45(16-13-17-46(40)76-53(57)58)75-39-24-20-36(21-25-39)44-30-59-47(64(44)8)32-62(5)6/h13,16-25,30,34,38,41-43,53H,11-12,14-15,26-29,31-33H2,1-10H3,(H,60,71)(H,61,73)(H,69,70)/t34-,38-,41-,42-,43-/m0/s1. The first-order valence-electron chi connectivity index (χ1n) is 25.4. The number of nitrogens with one attached hydrogen (secondary N) is 2. The van der Waals surface area contributed by atoms with E-state index in [0.29, 0.717) is 35.7 Å². The lowest BCUT2D eigenvalue weighted by atomic mass is 9.89. The number of likely N-dealkylation sites (N-methyl/N-ethyl adjacent to an activating group) is 2. The predicted molar refractivity (Wildman–Crippen MR) is 284 cm³/mol. The maximum absolute atomic E-state index is 14.7. The zero-order valence-corrected chi connectivity index (χ0v) is 46.3. The molecule has 0 spiro atoms. The third-order valence-corrected chi connectivity index (χ3v) is 13.5. The average molecular weight is 1100 g/mol. The molecule has 77 heavy (non-hydrogen) atoms. The molecule has 0 radical (unpaired) electrons. The summed E-state index contributed by atoms with van der Waals surface area (Å²) < 4.78 is 52.6. The zero-order chi connectivity index (χ0) is 56.7. The number of methoxy groups -OCH3 is 1. The number of aromatic nitrogens is 2. The van der Waals surface area contributed by atoms with Crippen LogP contribution in [-0.2, 0) is 60.0 Å². The van der Waals surface area contributed by atoms with Gasteiger partial charge in [0.2, 0.25) is 23.6 Å². The Morgan fingerprint density at radius 1 is 0.896 bits per heavy atom. The number of ether oxygens (including phenoxy) is 4. The number of carbonyl (C=O) groups excluding carboxylic acids is 5. The summed E-state index contributed by atoms with van der Waals surface area (Å²) in [4.78, 5) is 92.8. The van der Waals surface area contributed by atoms with Crippen molar-refractivity contribution in [3.63, 3.8) is 0 Å². The number of nitrogens with zero attached hydrogens (tertiary/aromatic N) is 6. The summed E-state index contributed by atoms with van der Waals surface area (Å²) >= 11 is 6.08. The van der Waals surface area contributed by atoms with Crippen LogP contribution in [0.15, 0.2) is 72.9 Å². The van der Waals surface area contributed by atoms with Crippen molar-refractivity contribution in [2.24, 2.45) is 7.05 Å². The summed E-state index contributed by atoms with van der Waals surface area (Å²) in [7, 11) is 10.1. The quantitative estimate of drug-likeness (QED) is 0.0582. The van der Waals surface area contributed by atoms with Crippen LogP contribution in [0.2, 0.25) is 5.02 Å². The number of hydrogen-bond acceptors (Lipinski definition) is 12. The SMILES string of the molecule is COC[C@H](NC(=O)[C@H](C)N(Cc1c(Oc2ccc(-c3cnc(CN(C)C)n3C)cc2)cccc1OC(F)F)C(=O)CCC(=O)N(C)[C@H]1CCCC[C@@H]1NC(=O)OC(C)(C)C)C(=O)N(C)[C@H](CC(=O)O)Cc1ccc(Cl)cc1. The van der Waals surface area contributed by atoms with Crippen molar-refractivity contribution in [1.82, 2.24) is 39.8 Å². The monoisotopic (exact) mass is 1090 g/mol. The molecule has 22 heteroatoms. The van der Waals surface area contributed by atoms with Gasteiger partial charge in [0, 0.05) is 57.7 Å². The highest BCUT2D eigenvalue weighted by Gasteiger charge is 2.37. The number of aliphatic carboxylic acids is 1. The summed E-state index contributed by atoms with van der Waals surface area (Å²) in [5.41, 5.74) is 1.56. The number of carboxylic acids is 1. The van der Waals surface area contributed by atoms with Crippen LogP contribution >= 0.6 is 11.6 Å². The molecule has 1 fully saturated rings. The Morgan fingerprint density at radius 2 is 1.55 bits per heavy atom. The first-order valence-corrected chi connectivity index (χ1v) is 25.8. The average Bonchev–Trinajstić information content (AvgIpc) is 3.72. The fourth-order valence-electron chi connectivity index (χ4n) is 9.14. The van der Waals surface area contributed by atoms with Gasteiger partial charge in [-0.15, -0.1) is 0 Å². The molecule has 1 aromatic heterocycles. The smallest absolute Gasteiger partial charge is 0.407 e. The highest BCUT2D eigenvalue weighted by Crippen LogP contribution is 2.36. The fourth-order valence-corrected chi connectivity index (χ4v) is 9.27. The van der Waals surface area contributed by atoms with Crippen molar-refractivity contribution < 1.29 is 61.6 Å². The molecule has 0 aliphatic heterocycles. The Kier molecular flexibility index (Phi) is 22.2. The number of alkyl carbamates (subject to hydrolysis) is 1. The second-order valence-electron chi connectivity index (χ2n) is 20.4. The number of alkyl halides is 2. The molecule has 5 amide bonds. The minimum atomic E-state index is -3.31. The van der Waals surface area contributed by atoms with E-state index in [1.165, 1.54) is 49.1 Å². The van der Waals surface area contributed by atoms with Gasteiger partial charge in [0.25, 0.3) is 0 Å². The van der Waals surface area contributed by atoms with Gasteiger partial charge < -0.3 is 58.9 Å². The molecule has 3 N–H and O–H groups in total. The number of rotatable bonds is 25. The van der Waals surface area contributed by atoms with Crippen LogP contribution in [0.1, 0.15) is 89.6 Å². The molecule has 1 aliphatic carbocycles. The second kappa shape index (κ2) is 28.0. The Balaban J connectivity index is 1.46. The number of hydrogen-bond donors (Lipinski definition) is 3. The summed E-state index contributed by atoms with van der Waals surface area (Å²) in [6, 6.07) is 13.3. The van der Waals surface area contributed by atoms with Crippen LogP contribution in [-0.4, -0.2) is 154 Å². The van der Waals surface area contributed by atoms with Crippen molar-refractivity contribution >= 4 is 47.3 Å². The largest absolute Gasteiger partial charge is 0.481 e. The number of carbonyl (C=O) groups is 6. The van der Waals surface area contributed by atoms with Crippen LogP contribution in [0.5, 0.6) is 17.2 Å². The van der Waals surface area contributed by atoms with Crippen LogP contribution < -0.4 is 20.1 Å². The molecule has 0 unspecified atom stereocenters. The molecule has 3 aromatic carbocycles. The van der Waals surface area contributed by atoms with Gasteiger partial charge >= 0.3 is 18.7 Å². The Hall–Kier alpha value is -6.84. The first kappa shape index (κ1) is 61.0. The van der Waals surface area contributed by atoms with Crippen LogP contribution in [0.25, 0.3) is 11.3 Å². The maximum atomic E-state index is 14.7. The third kappa shape index (κ3) is 17.9. The van der Waals surface area contributed by atoms with Crippen molar-refractivity contribution in [3.05, 3.63) is 94.9 Å². The molecule has 4 aromatic rings. The lowest BCUT2D eigenvalue weighted by Gasteiger charge is -2.38. The van der Waals surface area contributed by atoms with Crippen molar-refractivity contribution in [1.29, 1.82) is 0 Å². The topological polar surface area (TPSA) is 214 Å². The number of amides is 5. The molecular weight excluding hydrogens is 1020 g/mol. The van der Waals surface area contributed by atoms with E-state index in [4.69, 9.17) is 30.5 Å². The fraction of sp³-hybridized carbons (Fsp3) is 0.509.